The van der Waals surface area contributed by atoms with Gasteiger partial charge in [-0.2, -0.15) is 0 Å². The second-order valence-electron chi connectivity index (χ2n) is 5.19. The van der Waals surface area contributed by atoms with E-state index < -0.39 is 0 Å². The molecular weight excluding hydrogens is 290 g/mol. The van der Waals surface area contributed by atoms with E-state index in [1.807, 2.05) is 4.90 Å². The monoisotopic (exact) mass is 311 g/mol. The van der Waals surface area contributed by atoms with Crippen molar-refractivity contribution in [2.45, 2.75) is 31.7 Å². The summed E-state index contributed by atoms with van der Waals surface area (Å²) in [5, 5.41) is 0. The lowest BCUT2D eigenvalue weighted by Crippen LogP contribution is -2.45. The number of alkyl halides is 1. The maximum atomic E-state index is 12.9. The number of benzene rings is 1. The van der Waals surface area contributed by atoms with Crippen molar-refractivity contribution in [3.05, 3.63) is 23.8 Å². The van der Waals surface area contributed by atoms with E-state index in [-0.39, 0.29) is 5.91 Å². The summed E-state index contributed by atoms with van der Waals surface area (Å²) in [6.45, 7) is 0.688. The molecule has 0 spiro atoms. The van der Waals surface area contributed by atoms with Gasteiger partial charge in [0.05, 0.1) is 19.8 Å². The van der Waals surface area contributed by atoms with Gasteiger partial charge < -0.3 is 14.4 Å². The molecule has 116 valence electrons. The van der Waals surface area contributed by atoms with Gasteiger partial charge in [-0.15, -0.1) is 11.6 Å². The fourth-order valence-electron chi connectivity index (χ4n) is 2.51. The molecule has 1 aliphatic carbocycles. The van der Waals surface area contributed by atoms with Gasteiger partial charge in [-0.1, -0.05) is 0 Å². The van der Waals surface area contributed by atoms with Crippen molar-refractivity contribution in [2.75, 3.05) is 26.6 Å². The number of hydrogen-bond donors (Lipinski definition) is 0. The number of rotatable bonds is 7. The fourth-order valence-corrected chi connectivity index (χ4v) is 2.63. The lowest BCUT2D eigenvalue weighted by molar-refractivity contribution is 0.0577. The Balaban J connectivity index is 2.25. The normalized spacial score (nSPS) is 14.4. The molecule has 1 aromatic rings. The molecule has 1 fully saturated rings. The highest BCUT2D eigenvalue weighted by Crippen LogP contribution is 2.30. The Labute approximate surface area is 131 Å². The zero-order valence-electron chi connectivity index (χ0n) is 12.6. The van der Waals surface area contributed by atoms with Crippen LogP contribution in [-0.2, 0) is 0 Å². The molecule has 0 saturated heterocycles. The highest BCUT2D eigenvalue weighted by atomic mass is 35.5. The quantitative estimate of drug-likeness (QED) is 0.725. The van der Waals surface area contributed by atoms with Crippen LogP contribution < -0.4 is 9.47 Å². The van der Waals surface area contributed by atoms with Gasteiger partial charge in [0, 0.05) is 18.5 Å². The molecule has 1 saturated carbocycles. The zero-order valence-corrected chi connectivity index (χ0v) is 13.4. The number of carbonyl (C=O) groups excluding carboxylic acids is 1. The molecule has 2 rings (SSSR count). The number of amides is 1. The Hall–Kier alpha value is -1.42. The number of carbonyl (C=O) groups is 1. The molecule has 0 unspecified atom stereocenters. The summed E-state index contributed by atoms with van der Waals surface area (Å²) in [7, 11) is 3.16. The molecule has 21 heavy (non-hydrogen) atoms. The number of ether oxygens (including phenoxy) is 2. The van der Waals surface area contributed by atoms with E-state index in [2.05, 4.69) is 0 Å². The van der Waals surface area contributed by atoms with Crippen molar-refractivity contribution >= 4 is 17.5 Å². The van der Waals surface area contributed by atoms with Crippen LogP contribution >= 0.6 is 11.6 Å². The number of nitrogens with zero attached hydrogens (tertiary/aromatic N) is 1. The molecule has 0 bridgehead atoms. The van der Waals surface area contributed by atoms with Gasteiger partial charge in [0.2, 0.25) is 0 Å². The summed E-state index contributed by atoms with van der Waals surface area (Å²) in [5.41, 5.74) is 0.554. The summed E-state index contributed by atoms with van der Waals surface area (Å²) in [5.74, 6) is 1.80. The van der Waals surface area contributed by atoms with Crippen LogP contribution in [0.2, 0.25) is 0 Å². The first-order chi connectivity index (χ1) is 10.2. The second-order valence-corrected chi connectivity index (χ2v) is 5.57. The molecular formula is C16H22ClNO3. The third-order valence-corrected chi connectivity index (χ3v) is 4.21. The molecule has 0 heterocycles. The van der Waals surface area contributed by atoms with E-state index in [9.17, 15) is 4.79 Å². The standard InChI is InChI=1S/C16H22ClNO3/c1-20-13-7-8-15(21-2)14(11-13)16(19)18(10-4-9-17)12-5-3-6-12/h7-8,11-12H,3-6,9-10H2,1-2H3. The summed E-state index contributed by atoms with van der Waals surface area (Å²) in [4.78, 5) is 14.8. The molecule has 0 aliphatic heterocycles. The predicted octanol–water partition coefficient (Wildman–Crippen LogP) is 3.33. The SMILES string of the molecule is COc1ccc(OC)c(C(=O)N(CCCCl)C2CCC2)c1. The Kier molecular flexibility index (Phi) is 5.74. The van der Waals surface area contributed by atoms with Crippen LogP contribution in [0.4, 0.5) is 0 Å². The van der Waals surface area contributed by atoms with Crippen LogP contribution in [0.15, 0.2) is 18.2 Å². The number of methoxy groups -OCH3 is 2. The van der Waals surface area contributed by atoms with Crippen LogP contribution in [0.25, 0.3) is 0 Å². The molecule has 1 amide bonds. The first-order valence-corrected chi connectivity index (χ1v) is 7.83. The number of halogens is 1. The molecule has 0 radical (unpaired) electrons. The van der Waals surface area contributed by atoms with E-state index in [0.29, 0.717) is 35.5 Å². The van der Waals surface area contributed by atoms with E-state index in [0.717, 1.165) is 19.3 Å². The molecule has 0 aromatic heterocycles. The Morgan fingerprint density at radius 2 is 2.10 bits per heavy atom. The second kappa shape index (κ2) is 7.55. The van der Waals surface area contributed by atoms with Crippen molar-refractivity contribution in [1.29, 1.82) is 0 Å². The van der Waals surface area contributed by atoms with Crippen molar-refractivity contribution in [2.24, 2.45) is 0 Å². The van der Waals surface area contributed by atoms with Crippen LogP contribution in [0.3, 0.4) is 0 Å². The largest absolute Gasteiger partial charge is 0.497 e. The van der Waals surface area contributed by atoms with Gasteiger partial charge in [-0.25, -0.2) is 0 Å². The first-order valence-electron chi connectivity index (χ1n) is 7.30. The Morgan fingerprint density at radius 1 is 1.33 bits per heavy atom. The van der Waals surface area contributed by atoms with Gasteiger partial charge in [-0.3, -0.25) is 4.79 Å². The maximum absolute atomic E-state index is 12.9. The highest BCUT2D eigenvalue weighted by Gasteiger charge is 2.30. The van der Waals surface area contributed by atoms with Gasteiger partial charge >= 0.3 is 0 Å². The van der Waals surface area contributed by atoms with Crippen LogP contribution in [-0.4, -0.2) is 43.5 Å². The molecule has 0 atom stereocenters. The van der Waals surface area contributed by atoms with E-state index in [1.54, 1.807) is 32.4 Å². The molecule has 1 aliphatic rings. The fraction of sp³-hybridized carbons (Fsp3) is 0.562. The van der Waals surface area contributed by atoms with Gasteiger partial charge in [-0.05, 0) is 43.9 Å². The van der Waals surface area contributed by atoms with E-state index in [1.165, 1.54) is 6.42 Å². The maximum Gasteiger partial charge on any atom is 0.258 e. The van der Waals surface area contributed by atoms with Gasteiger partial charge in [0.25, 0.3) is 5.91 Å². The van der Waals surface area contributed by atoms with Crippen LogP contribution in [0.5, 0.6) is 11.5 Å². The topological polar surface area (TPSA) is 38.8 Å². The lowest BCUT2D eigenvalue weighted by atomic mass is 9.90. The van der Waals surface area contributed by atoms with Crippen LogP contribution in [0.1, 0.15) is 36.0 Å². The lowest BCUT2D eigenvalue weighted by Gasteiger charge is -2.37. The predicted molar refractivity (Wildman–Crippen MR) is 83.6 cm³/mol. The van der Waals surface area contributed by atoms with E-state index in [4.69, 9.17) is 21.1 Å². The summed E-state index contributed by atoms with van der Waals surface area (Å²) in [6, 6.07) is 5.64. The number of hydrogen-bond acceptors (Lipinski definition) is 3. The van der Waals surface area contributed by atoms with Crippen molar-refractivity contribution in [3.63, 3.8) is 0 Å². The average molecular weight is 312 g/mol. The van der Waals surface area contributed by atoms with Crippen molar-refractivity contribution < 1.29 is 14.3 Å². The minimum atomic E-state index is 0.000525. The van der Waals surface area contributed by atoms with Crippen molar-refractivity contribution in [1.82, 2.24) is 4.90 Å². The highest BCUT2D eigenvalue weighted by molar-refractivity contribution is 6.17. The summed E-state index contributed by atoms with van der Waals surface area (Å²) in [6.07, 6.45) is 4.13. The van der Waals surface area contributed by atoms with Crippen molar-refractivity contribution in [3.8, 4) is 11.5 Å². The Morgan fingerprint density at radius 3 is 2.62 bits per heavy atom. The Bertz CT molecular complexity index is 488. The summed E-state index contributed by atoms with van der Waals surface area (Å²) >= 11 is 5.79. The van der Waals surface area contributed by atoms with Crippen LogP contribution in [0, 0.1) is 0 Å². The third-order valence-electron chi connectivity index (χ3n) is 3.95. The molecule has 1 aromatic carbocycles. The molecule has 0 N–H and O–H groups in total. The molecule has 5 heteroatoms. The summed E-state index contributed by atoms with van der Waals surface area (Å²) < 4.78 is 10.5. The van der Waals surface area contributed by atoms with Gasteiger partial charge in [0.15, 0.2) is 0 Å². The minimum absolute atomic E-state index is 0.000525. The smallest absolute Gasteiger partial charge is 0.258 e. The third kappa shape index (κ3) is 3.62. The van der Waals surface area contributed by atoms with E-state index >= 15 is 0 Å². The minimum Gasteiger partial charge on any atom is -0.497 e. The first kappa shape index (κ1) is 16.0. The average Bonchev–Trinajstić information content (AvgIpc) is 2.48. The van der Waals surface area contributed by atoms with Gasteiger partial charge in [0.1, 0.15) is 11.5 Å². The molecule has 4 nitrogen and oxygen atoms in total. The zero-order chi connectivity index (χ0) is 15.2.